The minimum atomic E-state index is 0.0488. The zero-order chi connectivity index (χ0) is 12.5. The largest absolute Gasteiger partial charge is 0.497 e. The highest BCUT2D eigenvalue weighted by Gasteiger charge is 2.01. The van der Waals surface area contributed by atoms with Crippen molar-refractivity contribution in [2.75, 3.05) is 19.4 Å². The molecule has 0 aromatic heterocycles. The van der Waals surface area contributed by atoms with E-state index in [4.69, 9.17) is 4.74 Å². The number of thioether (sulfide) groups is 1. The fraction of sp³-hybridized carbons (Fsp3) is 0.308. The smallest absolute Gasteiger partial charge is 0.230 e. The minimum Gasteiger partial charge on any atom is -0.497 e. The van der Waals surface area contributed by atoms with E-state index in [1.54, 1.807) is 13.2 Å². The molecule has 0 aliphatic carbocycles. The third-order valence-electron chi connectivity index (χ3n) is 2.10. The average Bonchev–Trinajstić information content (AvgIpc) is 2.37. The Kier molecular flexibility index (Phi) is 6.25. The Balaban J connectivity index is 2.29. The molecule has 92 valence electrons. The number of ether oxygens (including phenoxy) is 1. The molecule has 0 spiro atoms. The number of nitrogens with one attached hydrogen (secondary N) is 1. The van der Waals surface area contributed by atoms with E-state index in [0.29, 0.717) is 12.3 Å². The number of hydrogen-bond acceptors (Lipinski definition) is 3. The normalized spacial score (nSPS) is 9.71. The molecule has 0 bridgehead atoms. The highest BCUT2D eigenvalue weighted by molar-refractivity contribution is 8.00. The van der Waals surface area contributed by atoms with Gasteiger partial charge in [-0.05, 0) is 30.7 Å². The lowest BCUT2D eigenvalue weighted by Crippen LogP contribution is -2.25. The molecule has 1 N–H and O–H groups in total. The lowest BCUT2D eigenvalue weighted by atomic mass is 10.3. The van der Waals surface area contributed by atoms with Gasteiger partial charge in [0.25, 0.3) is 0 Å². The molecular weight excluding hydrogens is 234 g/mol. The van der Waals surface area contributed by atoms with Crippen LogP contribution < -0.4 is 10.1 Å². The van der Waals surface area contributed by atoms with Crippen LogP contribution in [0, 0.1) is 0 Å². The van der Waals surface area contributed by atoms with Crippen LogP contribution in [-0.2, 0) is 4.79 Å². The average molecular weight is 251 g/mol. The van der Waals surface area contributed by atoms with Gasteiger partial charge in [-0.3, -0.25) is 4.79 Å². The Morgan fingerprint density at radius 3 is 2.76 bits per heavy atom. The van der Waals surface area contributed by atoms with Crippen molar-refractivity contribution in [3.63, 3.8) is 0 Å². The maximum atomic E-state index is 11.4. The molecule has 17 heavy (non-hydrogen) atoms. The maximum Gasteiger partial charge on any atom is 0.230 e. The molecule has 4 heteroatoms. The van der Waals surface area contributed by atoms with Crippen LogP contribution in [0.5, 0.6) is 5.75 Å². The van der Waals surface area contributed by atoms with Crippen molar-refractivity contribution in [3.05, 3.63) is 36.9 Å². The Morgan fingerprint density at radius 1 is 1.47 bits per heavy atom. The van der Waals surface area contributed by atoms with Gasteiger partial charge >= 0.3 is 0 Å². The van der Waals surface area contributed by atoms with Crippen LogP contribution in [0.25, 0.3) is 0 Å². The fourth-order valence-corrected chi connectivity index (χ4v) is 1.91. The van der Waals surface area contributed by atoms with Gasteiger partial charge in [0.1, 0.15) is 5.75 Å². The van der Waals surface area contributed by atoms with Gasteiger partial charge in [-0.25, -0.2) is 0 Å². The first kappa shape index (κ1) is 13.6. The quantitative estimate of drug-likeness (QED) is 0.459. The molecule has 3 nitrogen and oxygen atoms in total. The molecular formula is C13H17NO2S. The molecule has 0 fully saturated rings. The van der Waals surface area contributed by atoms with Gasteiger partial charge in [-0.1, -0.05) is 6.08 Å². The van der Waals surface area contributed by atoms with Gasteiger partial charge in [-0.2, -0.15) is 0 Å². The lowest BCUT2D eigenvalue weighted by Gasteiger charge is -2.04. The first-order chi connectivity index (χ1) is 8.26. The van der Waals surface area contributed by atoms with Crippen LogP contribution in [0.1, 0.15) is 6.42 Å². The number of carbonyl (C=O) groups is 1. The summed E-state index contributed by atoms with van der Waals surface area (Å²) in [5.74, 6) is 1.31. The molecule has 1 aromatic carbocycles. The van der Waals surface area contributed by atoms with Gasteiger partial charge in [-0.15, -0.1) is 18.3 Å². The molecule has 0 heterocycles. The van der Waals surface area contributed by atoms with Crippen molar-refractivity contribution in [1.82, 2.24) is 5.32 Å². The second kappa shape index (κ2) is 7.79. The van der Waals surface area contributed by atoms with Crippen molar-refractivity contribution < 1.29 is 9.53 Å². The standard InChI is InChI=1S/C13H17NO2S/c1-3-4-9-14-13(15)10-17-12-7-5-11(16-2)6-8-12/h3,5-8H,1,4,9-10H2,2H3,(H,14,15). The third kappa shape index (κ3) is 5.45. The predicted octanol–water partition coefficient (Wildman–Crippen LogP) is 2.48. The number of hydrogen-bond donors (Lipinski definition) is 1. The van der Waals surface area contributed by atoms with Crippen molar-refractivity contribution in [3.8, 4) is 5.75 Å². The summed E-state index contributed by atoms with van der Waals surface area (Å²) in [5.41, 5.74) is 0. The Bertz CT molecular complexity index is 362. The second-order valence-electron chi connectivity index (χ2n) is 3.39. The summed E-state index contributed by atoms with van der Waals surface area (Å²) in [6, 6.07) is 7.66. The molecule has 0 saturated carbocycles. The van der Waals surface area contributed by atoms with E-state index in [2.05, 4.69) is 11.9 Å². The molecule has 0 radical (unpaired) electrons. The summed E-state index contributed by atoms with van der Waals surface area (Å²) in [6.07, 6.45) is 2.59. The number of rotatable bonds is 7. The highest BCUT2D eigenvalue weighted by Crippen LogP contribution is 2.20. The van der Waals surface area contributed by atoms with Gasteiger partial charge in [0.15, 0.2) is 0 Å². The molecule has 0 aliphatic heterocycles. The number of benzene rings is 1. The molecule has 1 amide bonds. The van der Waals surface area contributed by atoms with E-state index in [1.165, 1.54) is 11.8 Å². The minimum absolute atomic E-state index is 0.0488. The van der Waals surface area contributed by atoms with E-state index in [9.17, 15) is 4.79 Å². The lowest BCUT2D eigenvalue weighted by molar-refractivity contribution is -0.118. The van der Waals surface area contributed by atoms with E-state index >= 15 is 0 Å². The maximum absolute atomic E-state index is 11.4. The van der Waals surface area contributed by atoms with Crippen LogP contribution in [0.4, 0.5) is 0 Å². The summed E-state index contributed by atoms with van der Waals surface area (Å²) >= 11 is 1.51. The van der Waals surface area contributed by atoms with Gasteiger partial charge in [0, 0.05) is 11.4 Å². The van der Waals surface area contributed by atoms with Crippen LogP contribution in [-0.4, -0.2) is 25.3 Å². The molecule has 0 unspecified atom stereocenters. The van der Waals surface area contributed by atoms with E-state index in [1.807, 2.05) is 24.3 Å². The Hall–Kier alpha value is -1.42. The zero-order valence-electron chi connectivity index (χ0n) is 9.94. The number of methoxy groups -OCH3 is 1. The van der Waals surface area contributed by atoms with Gasteiger partial charge in [0.05, 0.1) is 12.9 Å². The summed E-state index contributed by atoms with van der Waals surface area (Å²) in [7, 11) is 1.63. The van der Waals surface area contributed by atoms with Crippen LogP contribution in [0.15, 0.2) is 41.8 Å². The van der Waals surface area contributed by atoms with Crippen molar-refractivity contribution >= 4 is 17.7 Å². The van der Waals surface area contributed by atoms with Crippen LogP contribution in [0.2, 0.25) is 0 Å². The summed E-state index contributed by atoms with van der Waals surface area (Å²) in [4.78, 5) is 12.5. The number of amides is 1. The molecule has 1 aromatic rings. The first-order valence-electron chi connectivity index (χ1n) is 5.40. The monoisotopic (exact) mass is 251 g/mol. The van der Waals surface area contributed by atoms with Gasteiger partial charge in [0.2, 0.25) is 5.91 Å². The molecule has 0 aliphatic rings. The summed E-state index contributed by atoms with van der Waals surface area (Å²) < 4.78 is 5.06. The predicted molar refractivity (Wildman–Crippen MR) is 71.5 cm³/mol. The van der Waals surface area contributed by atoms with Crippen LogP contribution in [0.3, 0.4) is 0 Å². The van der Waals surface area contributed by atoms with E-state index in [0.717, 1.165) is 17.1 Å². The Labute approximate surface area is 106 Å². The van der Waals surface area contributed by atoms with Crippen molar-refractivity contribution in [2.45, 2.75) is 11.3 Å². The first-order valence-corrected chi connectivity index (χ1v) is 6.39. The van der Waals surface area contributed by atoms with Gasteiger partial charge < -0.3 is 10.1 Å². The Morgan fingerprint density at radius 2 is 2.18 bits per heavy atom. The highest BCUT2D eigenvalue weighted by atomic mass is 32.2. The third-order valence-corrected chi connectivity index (χ3v) is 3.11. The summed E-state index contributed by atoms with van der Waals surface area (Å²) in [5, 5.41) is 2.82. The van der Waals surface area contributed by atoms with Crippen molar-refractivity contribution in [2.24, 2.45) is 0 Å². The molecule has 0 atom stereocenters. The SMILES string of the molecule is C=CCCNC(=O)CSc1ccc(OC)cc1. The number of carbonyl (C=O) groups excluding carboxylic acids is 1. The molecule has 0 saturated heterocycles. The van der Waals surface area contributed by atoms with Crippen molar-refractivity contribution in [1.29, 1.82) is 0 Å². The van der Waals surface area contributed by atoms with E-state index < -0.39 is 0 Å². The fourth-order valence-electron chi connectivity index (χ4n) is 1.19. The van der Waals surface area contributed by atoms with Crippen LogP contribution >= 0.6 is 11.8 Å². The summed E-state index contributed by atoms with van der Waals surface area (Å²) in [6.45, 7) is 4.26. The van der Waals surface area contributed by atoms with E-state index in [-0.39, 0.29) is 5.91 Å². The second-order valence-corrected chi connectivity index (χ2v) is 4.44. The topological polar surface area (TPSA) is 38.3 Å². The molecule has 1 rings (SSSR count). The zero-order valence-corrected chi connectivity index (χ0v) is 10.8.